The summed E-state index contributed by atoms with van der Waals surface area (Å²) in [6.07, 6.45) is 0.581. The van der Waals surface area contributed by atoms with Crippen LogP contribution in [0.25, 0.3) is 0 Å². The molecule has 2 heterocycles. The summed E-state index contributed by atoms with van der Waals surface area (Å²) >= 11 is 0. The van der Waals surface area contributed by atoms with Crippen LogP contribution in [0.5, 0.6) is 0 Å². The van der Waals surface area contributed by atoms with Gasteiger partial charge >= 0.3 is 5.97 Å². The van der Waals surface area contributed by atoms with Crippen LogP contribution < -0.4 is 0 Å². The van der Waals surface area contributed by atoms with Crippen LogP contribution in [0.4, 0.5) is 0 Å². The van der Waals surface area contributed by atoms with Crippen LogP contribution in [0.3, 0.4) is 0 Å². The Labute approximate surface area is 92.3 Å². The molecule has 0 spiro atoms. The predicted molar refractivity (Wildman–Crippen MR) is 54.7 cm³/mol. The molecule has 1 aliphatic heterocycles. The van der Waals surface area contributed by atoms with Gasteiger partial charge in [-0.05, 0) is 0 Å². The molecule has 1 aromatic heterocycles. The highest BCUT2D eigenvalue weighted by atomic mass is 16.4. The summed E-state index contributed by atoms with van der Waals surface area (Å²) < 4.78 is 0. The van der Waals surface area contributed by atoms with Gasteiger partial charge in [-0.1, -0.05) is 0 Å². The first kappa shape index (κ1) is 10.7. The number of carboxylic acids is 1. The Bertz CT molecular complexity index is 439. The quantitative estimate of drug-likeness (QED) is 0.735. The summed E-state index contributed by atoms with van der Waals surface area (Å²) in [5, 5.41) is 8.64. The van der Waals surface area contributed by atoms with Gasteiger partial charge in [-0.25, -0.2) is 4.98 Å². The van der Waals surface area contributed by atoms with Crippen molar-refractivity contribution in [3.8, 4) is 0 Å². The minimum Gasteiger partial charge on any atom is -0.481 e. The van der Waals surface area contributed by atoms with Crippen LogP contribution in [0.15, 0.2) is 0 Å². The number of aliphatic carboxylic acids is 1. The molecule has 0 aromatic carbocycles. The molecule has 0 fully saturated rings. The van der Waals surface area contributed by atoms with Crippen LogP contribution in [0.2, 0.25) is 0 Å². The van der Waals surface area contributed by atoms with Crippen molar-refractivity contribution in [3.05, 3.63) is 17.2 Å². The van der Waals surface area contributed by atoms with Gasteiger partial charge in [0, 0.05) is 19.9 Å². The molecular formula is C10H13N3O3. The number of carboxylic acid groups (broad SMARTS) is 1. The molecular weight excluding hydrogens is 210 g/mol. The van der Waals surface area contributed by atoms with E-state index in [1.165, 1.54) is 6.92 Å². The Kier molecular flexibility index (Phi) is 2.64. The number of aromatic nitrogens is 2. The van der Waals surface area contributed by atoms with E-state index in [1.54, 1.807) is 4.90 Å². The number of rotatable bonds is 2. The third-order valence-corrected chi connectivity index (χ3v) is 2.64. The van der Waals surface area contributed by atoms with Crippen molar-refractivity contribution in [2.45, 2.75) is 26.3 Å². The average Bonchev–Trinajstić information content (AvgIpc) is 2.56. The lowest BCUT2D eigenvalue weighted by atomic mass is 10.1. The van der Waals surface area contributed by atoms with Gasteiger partial charge in [0.1, 0.15) is 12.2 Å². The van der Waals surface area contributed by atoms with E-state index >= 15 is 0 Å². The fourth-order valence-electron chi connectivity index (χ4n) is 1.85. The number of carbonyl (C=O) groups is 2. The second kappa shape index (κ2) is 3.96. The minimum absolute atomic E-state index is 0.0278. The van der Waals surface area contributed by atoms with Crippen molar-refractivity contribution < 1.29 is 14.7 Å². The van der Waals surface area contributed by atoms with Gasteiger partial charge in [-0.2, -0.15) is 0 Å². The zero-order valence-electron chi connectivity index (χ0n) is 8.99. The van der Waals surface area contributed by atoms with Crippen LogP contribution in [-0.4, -0.2) is 38.4 Å². The number of nitrogens with zero attached hydrogens (tertiary/aromatic N) is 2. The number of H-pyrrole nitrogens is 1. The third-order valence-electron chi connectivity index (χ3n) is 2.64. The zero-order valence-corrected chi connectivity index (χ0v) is 8.99. The highest BCUT2D eigenvalue weighted by Gasteiger charge is 2.21. The van der Waals surface area contributed by atoms with Gasteiger partial charge in [0.15, 0.2) is 0 Å². The maximum atomic E-state index is 11.2. The first-order valence-electron chi connectivity index (χ1n) is 5.10. The van der Waals surface area contributed by atoms with E-state index < -0.39 is 5.97 Å². The average molecular weight is 223 g/mol. The molecule has 6 nitrogen and oxygen atoms in total. The van der Waals surface area contributed by atoms with Gasteiger partial charge in [0.25, 0.3) is 0 Å². The second-order valence-corrected chi connectivity index (χ2v) is 3.87. The molecule has 2 rings (SSSR count). The highest BCUT2D eigenvalue weighted by Crippen LogP contribution is 2.16. The zero-order chi connectivity index (χ0) is 11.7. The number of fused-ring (bicyclic) bond motifs is 1. The monoisotopic (exact) mass is 223 g/mol. The number of nitrogens with one attached hydrogen (secondary N) is 1. The lowest BCUT2D eigenvalue weighted by Crippen LogP contribution is -2.34. The lowest BCUT2D eigenvalue weighted by molar-refractivity contribution is -0.136. The topological polar surface area (TPSA) is 86.3 Å². The maximum Gasteiger partial charge on any atom is 0.311 e. The Balaban J connectivity index is 2.16. The molecule has 0 atom stereocenters. The standard InChI is InChI=1S/C10H13N3O3/c1-6(14)13-3-2-7-8(5-13)12-9(11-7)4-10(15)16/h2-5H2,1H3,(H,11,12)(H,15,16). The van der Waals surface area contributed by atoms with E-state index in [-0.39, 0.29) is 12.3 Å². The molecule has 0 saturated carbocycles. The van der Waals surface area contributed by atoms with Crippen molar-refractivity contribution in [1.29, 1.82) is 0 Å². The van der Waals surface area contributed by atoms with Crippen molar-refractivity contribution in [3.63, 3.8) is 0 Å². The second-order valence-electron chi connectivity index (χ2n) is 3.87. The fraction of sp³-hybridized carbons (Fsp3) is 0.500. The van der Waals surface area contributed by atoms with Gasteiger partial charge in [-0.3, -0.25) is 9.59 Å². The van der Waals surface area contributed by atoms with Gasteiger partial charge in [0.2, 0.25) is 5.91 Å². The van der Waals surface area contributed by atoms with Crippen LogP contribution in [0.1, 0.15) is 24.1 Å². The summed E-state index contributed by atoms with van der Waals surface area (Å²) in [5.74, 6) is -0.419. The van der Waals surface area contributed by atoms with Gasteiger partial charge in [-0.15, -0.1) is 0 Å². The van der Waals surface area contributed by atoms with Crippen molar-refractivity contribution in [2.24, 2.45) is 0 Å². The van der Waals surface area contributed by atoms with Gasteiger partial charge < -0.3 is 15.0 Å². The lowest BCUT2D eigenvalue weighted by Gasteiger charge is -2.24. The van der Waals surface area contributed by atoms with E-state index in [0.29, 0.717) is 25.3 Å². The van der Waals surface area contributed by atoms with E-state index in [2.05, 4.69) is 9.97 Å². The number of carbonyl (C=O) groups excluding carboxylic acids is 1. The molecule has 86 valence electrons. The van der Waals surface area contributed by atoms with E-state index in [9.17, 15) is 9.59 Å². The summed E-state index contributed by atoms with van der Waals surface area (Å²) in [5.41, 5.74) is 1.74. The number of imidazole rings is 1. The molecule has 16 heavy (non-hydrogen) atoms. The Hall–Kier alpha value is -1.85. The first-order chi connectivity index (χ1) is 7.56. The van der Waals surface area contributed by atoms with Crippen LogP contribution in [0, 0.1) is 0 Å². The number of hydrogen-bond acceptors (Lipinski definition) is 3. The summed E-state index contributed by atoms with van der Waals surface area (Å²) in [7, 11) is 0. The van der Waals surface area contributed by atoms with Crippen molar-refractivity contribution in [2.75, 3.05) is 6.54 Å². The molecule has 6 heteroatoms. The minimum atomic E-state index is -0.908. The van der Waals surface area contributed by atoms with Crippen molar-refractivity contribution >= 4 is 11.9 Å². The Morgan fingerprint density at radius 2 is 2.31 bits per heavy atom. The SMILES string of the molecule is CC(=O)N1CCc2nc(CC(=O)O)[nH]c2C1. The molecule has 1 amide bonds. The Morgan fingerprint density at radius 1 is 1.56 bits per heavy atom. The highest BCUT2D eigenvalue weighted by molar-refractivity contribution is 5.73. The van der Waals surface area contributed by atoms with Crippen molar-refractivity contribution in [1.82, 2.24) is 14.9 Å². The molecule has 0 radical (unpaired) electrons. The van der Waals surface area contributed by atoms with Crippen LogP contribution in [-0.2, 0) is 29.0 Å². The van der Waals surface area contributed by atoms with E-state index in [0.717, 1.165) is 11.4 Å². The van der Waals surface area contributed by atoms with E-state index in [1.807, 2.05) is 0 Å². The Morgan fingerprint density at radius 3 is 2.94 bits per heavy atom. The normalized spacial score (nSPS) is 14.7. The predicted octanol–water partition coefficient (Wildman–Crippen LogP) is -0.0586. The summed E-state index contributed by atoms with van der Waals surface area (Å²) in [6.45, 7) is 2.68. The fourth-order valence-corrected chi connectivity index (χ4v) is 1.85. The summed E-state index contributed by atoms with van der Waals surface area (Å²) in [6, 6.07) is 0. The number of aromatic amines is 1. The molecule has 2 N–H and O–H groups in total. The van der Waals surface area contributed by atoms with Crippen LogP contribution >= 0.6 is 0 Å². The molecule has 0 saturated heterocycles. The number of amides is 1. The van der Waals surface area contributed by atoms with Gasteiger partial charge in [0.05, 0.1) is 17.9 Å². The molecule has 0 aliphatic carbocycles. The molecule has 1 aromatic rings. The van der Waals surface area contributed by atoms with E-state index in [4.69, 9.17) is 5.11 Å². The molecule has 0 bridgehead atoms. The molecule has 0 unspecified atom stereocenters. The largest absolute Gasteiger partial charge is 0.481 e. The number of hydrogen-bond donors (Lipinski definition) is 2. The maximum absolute atomic E-state index is 11.2. The smallest absolute Gasteiger partial charge is 0.311 e. The molecule has 1 aliphatic rings. The first-order valence-corrected chi connectivity index (χ1v) is 5.10. The summed E-state index contributed by atoms with van der Waals surface area (Å²) in [4.78, 5) is 30.6. The third kappa shape index (κ3) is 2.05.